The minimum Gasteiger partial charge on any atom is -0.377 e. The van der Waals surface area contributed by atoms with Gasteiger partial charge in [-0.3, -0.25) is 0 Å². The third kappa shape index (κ3) is 6.45. The number of ether oxygens (including phenoxy) is 1. The fraction of sp³-hybridized carbons (Fsp3) is 0.375. The van der Waals surface area contributed by atoms with E-state index in [1.54, 1.807) is 0 Å². The van der Waals surface area contributed by atoms with E-state index in [0.717, 1.165) is 18.4 Å². The summed E-state index contributed by atoms with van der Waals surface area (Å²) in [5.74, 6) is 1.67. The Morgan fingerprint density at radius 1 is 0.727 bits per heavy atom. The van der Waals surface area contributed by atoms with E-state index < -0.39 is 0 Å². The van der Waals surface area contributed by atoms with Gasteiger partial charge < -0.3 is 4.74 Å². The lowest BCUT2D eigenvalue weighted by atomic mass is 9.77. The molecular formula is C32H38O. The zero-order valence-corrected chi connectivity index (χ0v) is 20.3. The molecule has 33 heavy (non-hydrogen) atoms. The molecular weight excluding hydrogens is 400 g/mol. The summed E-state index contributed by atoms with van der Waals surface area (Å²) in [5.41, 5.74) is 7.83. The molecule has 0 unspecified atom stereocenters. The van der Waals surface area contributed by atoms with Crippen LogP contribution >= 0.6 is 0 Å². The summed E-state index contributed by atoms with van der Waals surface area (Å²) >= 11 is 0. The minimum absolute atomic E-state index is 0.684. The largest absolute Gasteiger partial charge is 0.377 e. The van der Waals surface area contributed by atoms with Crippen LogP contribution in [0.3, 0.4) is 0 Å². The molecule has 0 aromatic heterocycles. The monoisotopic (exact) mass is 438 g/mol. The zero-order valence-electron chi connectivity index (χ0n) is 20.3. The first kappa shape index (κ1) is 23.5. The second-order valence-electron chi connectivity index (χ2n) is 9.40. The first-order valence-electron chi connectivity index (χ1n) is 12.8. The van der Waals surface area contributed by atoms with E-state index in [4.69, 9.17) is 4.74 Å². The van der Waals surface area contributed by atoms with E-state index in [1.165, 1.54) is 71.9 Å². The third-order valence-electron chi connectivity index (χ3n) is 7.18. The molecule has 1 nitrogen and oxygen atoms in total. The van der Waals surface area contributed by atoms with Gasteiger partial charge in [-0.2, -0.15) is 0 Å². The summed E-state index contributed by atoms with van der Waals surface area (Å²) in [4.78, 5) is 0. The summed E-state index contributed by atoms with van der Waals surface area (Å²) in [6.45, 7) is 5.59. The smallest absolute Gasteiger partial charge is 0.0716 e. The highest BCUT2D eigenvalue weighted by Gasteiger charge is 2.21. The van der Waals surface area contributed by atoms with Gasteiger partial charge in [0.2, 0.25) is 0 Å². The number of hydrogen-bond donors (Lipinski definition) is 0. The number of hydrogen-bond acceptors (Lipinski definition) is 1. The van der Waals surface area contributed by atoms with Crippen molar-refractivity contribution < 1.29 is 4.74 Å². The summed E-state index contributed by atoms with van der Waals surface area (Å²) in [5, 5.41) is 0. The van der Waals surface area contributed by atoms with Gasteiger partial charge in [0.05, 0.1) is 6.61 Å². The molecule has 0 amide bonds. The predicted molar refractivity (Wildman–Crippen MR) is 141 cm³/mol. The van der Waals surface area contributed by atoms with E-state index in [2.05, 4.69) is 91.9 Å². The van der Waals surface area contributed by atoms with Crippen molar-refractivity contribution in [1.29, 1.82) is 0 Å². The lowest BCUT2D eigenvalue weighted by Gasteiger charge is -2.28. The van der Waals surface area contributed by atoms with Crippen LogP contribution in [-0.2, 0) is 11.3 Å². The van der Waals surface area contributed by atoms with Gasteiger partial charge in [-0.15, -0.1) is 0 Å². The van der Waals surface area contributed by atoms with Crippen molar-refractivity contribution in [3.8, 4) is 22.3 Å². The second kappa shape index (κ2) is 12.0. The van der Waals surface area contributed by atoms with Crippen molar-refractivity contribution in [3.05, 3.63) is 96.1 Å². The number of allylic oxidation sites excluding steroid dienone is 2. The van der Waals surface area contributed by atoms with Crippen LogP contribution in [0.4, 0.5) is 0 Å². The Kier molecular flexibility index (Phi) is 8.55. The van der Waals surface area contributed by atoms with Crippen LogP contribution in [0, 0.1) is 5.92 Å². The molecule has 0 atom stereocenters. The van der Waals surface area contributed by atoms with Crippen LogP contribution < -0.4 is 0 Å². The highest BCUT2D eigenvalue weighted by molar-refractivity contribution is 5.70. The first-order chi connectivity index (χ1) is 16.3. The van der Waals surface area contributed by atoms with E-state index in [-0.39, 0.29) is 0 Å². The van der Waals surface area contributed by atoms with Crippen molar-refractivity contribution in [2.24, 2.45) is 5.92 Å². The molecule has 0 aliphatic heterocycles. The Bertz CT molecular complexity index is 988. The molecule has 0 bridgehead atoms. The first-order valence-corrected chi connectivity index (χ1v) is 12.8. The van der Waals surface area contributed by atoms with E-state index in [0.29, 0.717) is 6.61 Å². The summed E-state index contributed by atoms with van der Waals surface area (Å²) in [6.07, 6.45) is 12.6. The average Bonchev–Trinajstić information content (AvgIpc) is 2.89. The Morgan fingerprint density at radius 3 is 1.76 bits per heavy atom. The Labute approximate surface area is 200 Å². The van der Waals surface area contributed by atoms with Gasteiger partial charge in [-0.1, -0.05) is 84.9 Å². The molecule has 4 rings (SSSR count). The van der Waals surface area contributed by atoms with Crippen LogP contribution in [0.2, 0.25) is 0 Å². The molecule has 1 aliphatic rings. The quantitative estimate of drug-likeness (QED) is 0.303. The van der Waals surface area contributed by atoms with Crippen LogP contribution in [0.5, 0.6) is 0 Å². The maximum Gasteiger partial charge on any atom is 0.0716 e. The summed E-state index contributed by atoms with van der Waals surface area (Å²) in [7, 11) is 0. The van der Waals surface area contributed by atoms with Gasteiger partial charge in [-0.05, 0) is 97.6 Å². The van der Waals surface area contributed by atoms with Crippen molar-refractivity contribution in [2.75, 3.05) is 6.61 Å². The SMILES string of the molecule is C/C=C/CC[C@H]1CC[C@H](c2ccc(-c3ccc(-c4ccc(COCC)cc4)cc3)cc2)CC1. The van der Waals surface area contributed by atoms with Crippen molar-refractivity contribution in [1.82, 2.24) is 0 Å². The van der Waals surface area contributed by atoms with E-state index >= 15 is 0 Å². The average molecular weight is 439 g/mol. The molecule has 3 aromatic carbocycles. The molecule has 0 radical (unpaired) electrons. The van der Waals surface area contributed by atoms with Gasteiger partial charge in [0.25, 0.3) is 0 Å². The van der Waals surface area contributed by atoms with Crippen LogP contribution in [-0.4, -0.2) is 6.61 Å². The van der Waals surface area contributed by atoms with Crippen LogP contribution in [0.25, 0.3) is 22.3 Å². The maximum atomic E-state index is 5.50. The molecule has 0 N–H and O–H groups in total. The highest BCUT2D eigenvalue weighted by Crippen LogP contribution is 2.38. The normalized spacial score (nSPS) is 18.6. The molecule has 3 aromatic rings. The Morgan fingerprint density at radius 2 is 1.24 bits per heavy atom. The lowest BCUT2D eigenvalue weighted by Crippen LogP contribution is -2.13. The molecule has 172 valence electrons. The van der Waals surface area contributed by atoms with Crippen molar-refractivity contribution >= 4 is 0 Å². The van der Waals surface area contributed by atoms with Gasteiger partial charge >= 0.3 is 0 Å². The van der Waals surface area contributed by atoms with E-state index in [9.17, 15) is 0 Å². The number of rotatable bonds is 9. The Balaban J connectivity index is 1.34. The molecule has 1 heteroatoms. The maximum absolute atomic E-state index is 5.50. The molecule has 1 aliphatic carbocycles. The molecule has 1 fully saturated rings. The van der Waals surface area contributed by atoms with Gasteiger partial charge in [0.15, 0.2) is 0 Å². The summed E-state index contributed by atoms with van der Waals surface area (Å²) in [6, 6.07) is 27.0. The second-order valence-corrected chi connectivity index (χ2v) is 9.40. The standard InChI is InChI=1S/C32H38O/c1-3-5-6-7-25-8-12-27(13-9-25)29-16-20-31(21-17-29)32-22-18-30(19-23-32)28-14-10-26(11-15-28)24-33-4-2/h3,5,10-11,14-23,25,27H,4,6-9,12-13,24H2,1-2H3/b5-3+/t25-,27-. The molecule has 0 heterocycles. The van der Waals surface area contributed by atoms with Gasteiger partial charge in [-0.25, -0.2) is 0 Å². The van der Waals surface area contributed by atoms with Gasteiger partial charge in [0.1, 0.15) is 0 Å². The zero-order chi connectivity index (χ0) is 22.9. The van der Waals surface area contributed by atoms with Crippen LogP contribution in [0.1, 0.15) is 69.4 Å². The minimum atomic E-state index is 0.684. The number of benzene rings is 3. The lowest BCUT2D eigenvalue weighted by molar-refractivity contribution is 0.134. The predicted octanol–water partition coefficient (Wildman–Crippen LogP) is 9.19. The van der Waals surface area contributed by atoms with Crippen LogP contribution in [0.15, 0.2) is 84.9 Å². The molecule has 0 spiro atoms. The Hall–Kier alpha value is -2.64. The molecule has 1 saturated carbocycles. The molecule has 0 saturated heterocycles. The topological polar surface area (TPSA) is 9.23 Å². The summed E-state index contributed by atoms with van der Waals surface area (Å²) < 4.78 is 5.50. The van der Waals surface area contributed by atoms with Gasteiger partial charge in [0, 0.05) is 6.61 Å². The fourth-order valence-corrected chi connectivity index (χ4v) is 5.10. The van der Waals surface area contributed by atoms with Crippen molar-refractivity contribution in [3.63, 3.8) is 0 Å². The fourth-order valence-electron chi connectivity index (χ4n) is 5.10. The highest BCUT2D eigenvalue weighted by atomic mass is 16.5. The van der Waals surface area contributed by atoms with Crippen molar-refractivity contribution in [2.45, 2.75) is 64.9 Å². The third-order valence-corrected chi connectivity index (χ3v) is 7.18. The van der Waals surface area contributed by atoms with E-state index in [1.807, 2.05) is 6.92 Å².